The molecule has 3 heterocycles. The number of hydrogen-bond acceptors (Lipinski definition) is 4. The maximum Gasteiger partial charge on any atom is 0.0650 e. The van der Waals surface area contributed by atoms with Crippen LogP contribution in [0.5, 0.6) is 0 Å². The summed E-state index contributed by atoms with van der Waals surface area (Å²) in [6.45, 7) is 7.97. The van der Waals surface area contributed by atoms with Gasteiger partial charge in [0.05, 0.1) is 24.9 Å². The predicted octanol–water partition coefficient (Wildman–Crippen LogP) is 3.29. The van der Waals surface area contributed by atoms with Gasteiger partial charge in [0.25, 0.3) is 0 Å². The van der Waals surface area contributed by atoms with Crippen molar-refractivity contribution >= 4 is 16.6 Å². The largest absolute Gasteiger partial charge is 0.378 e. The van der Waals surface area contributed by atoms with Crippen LogP contribution in [0.3, 0.4) is 0 Å². The zero-order valence-corrected chi connectivity index (χ0v) is 16.0. The monoisotopic (exact) mass is 362 g/mol. The molecule has 0 saturated carbocycles. The first kappa shape index (κ1) is 16.8. The first-order valence-corrected chi connectivity index (χ1v) is 9.77. The summed E-state index contributed by atoms with van der Waals surface area (Å²) < 4.78 is 5.54. The molecule has 3 aromatic rings. The highest BCUT2D eigenvalue weighted by atomic mass is 16.5. The number of benzene rings is 2. The molecule has 1 unspecified atom stereocenters. The minimum Gasteiger partial charge on any atom is -0.378 e. The Morgan fingerprint density at radius 1 is 1.15 bits per heavy atom. The van der Waals surface area contributed by atoms with Gasteiger partial charge in [0, 0.05) is 43.2 Å². The van der Waals surface area contributed by atoms with Crippen LogP contribution in [0.4, 0.5) is 5.69 Å². The second kappa shape index (κ2) is 6.66. The van der Waals surface area contributed by atoms with Crippen LogP contribution >= 0.6 is 0 Å². The number of fused-ring (bicyclic) bond motifs is 2. The Balaban J connectivity index is 1.57. The van der Waals surface area contributed by atoms with Crippen molar-refractivity contribution in [3.05, 3.63) is 58.8 Å². The number of rotatable bonds is 2. The standard InChI is InChI=1S/C22H26N4O/c1-15-19-13-25(2)14-20(16-3-5-21-17(11-16)12-23-24-21)18(19)4-6-22(15)26-7-9-27-10-8-26/h3-6,11-12,20H,7-10,13-14H2,1-2H3,(H,23,24). The van der Waals surface area contributed by atoms with Crippen LogP contribution in [-0.4, -0.2) is 55.0 Å². The zero-order chi connectivity index (χ0) is 18.4. The van der Waals surface area contributed by atoms with Crippen molar-refractivity contribution < 1.29 is 4.74 Å². The fourth-order valence-corrected chi connectivity index (χ4v) is 4.66. The highest BCUT2D eigenvalue weighted by Gasteiger charge is 2.28. The van der Waals surface area contributed by atoms with Crippen molar-refractivity contribution in [2.24, 2.45) is 0 Å². The summed E-state index contributed by atoms with van der Waals surface area (Å²) >= 11 is 0. The second-order valence-corrected chi connectivity index (χ2v) is 7.84. The number of morpholine rings is 1. The van der Waals surface area contributed by atoms with Crippen molar-refractivity contribution in [2.75, 3.05) is 44.8 Å². The van der Waals surface area contributed by atoms with Crippen molar-refractivity contribution in [1.29, 1.82) is 0 Å². The molecule has 0 amide bonds. The van der Waals surface area contributed by atoms with Gasteiger partial charge in [0.15, 0.2) is 0 Å². The molecule has 1 atom stereocenters. The van der Waals surface area contributed by atoms with Gasteiger partial charge in [-0.25, -0.2) is 0 Å². The van der Waals surface area contributed by atoms with Gasteiger partial charge in [-0.2, -0.15) is 5.10 Å². The molecule has 1 aromatic heterocycles. The fourth-order valence-electron chi connectivity index (χ4n) is 4.66. The number of ether oxygens (including phenoxy) is 1. The van der Waals surface area contributed by atoms with Gasteiger partial charge >= 0.3 is 0 Å². The Labute approximate surface area is 159 Å². The molecule has 0 spiro atoms. The van der Waals surface area contributed by atoms with Crippen LogP contribution in [0.1, 0.15) is 28.2 Å². The summed E-state index contributed by atoms with van der Waals surface area (Å²) in [5.74, 6) is 0.399. The molecule has 5 rings (SSSR count). The van der Waals surface area contributed by atoms with E-state index < -0.39 is 0 Å². The lowest BCUT2D eigenvalue weighted by atomic mass is 9.82. The van der Waals surface area contributed by atoms with E-state index in [1.807, 2.05) is 6.20 Å². The molecule has 1 N–H and O–H groups in total. The third-order valence-corrected chi connectivity index (χ3v) is 6.12. The lowest BCUT2D eigenvalue weighted by Gasteiger charge is -2.37. The van der Waals surface area contributed by atoms with Crippen molar-refractivity contribution in [3.8, 4) is 0 Å². The van der Waals surface area contributed by atoms with Crippen LogP contribution in [0, 0.1) is 6.92 Å². The van der Waals surface area contributed by atoms with E-state index in [0.29, 0.717) is 5.92 Å². The fraction of sp³-hybridized carbons (Fsp3) is 0.409. The number of hydrogen-bond donors (Lipinski definition) is 1. The maximum absolute atomic E-state index is 5.54. The minimum absolute atomic E-state index is 0.399. The van der Waals surface area contributed by atoms with E-state index in [2.05, 4.69) is 64.3 Å². The Hall–Kier alpha value is -2.37. The number of likely N-dealkylation sites (N-methyl/N-ethyl adjacent to an activating group) is 1. The number of nitrogens with one attached hydrogen (secondary N) is 1. The van der Waals surface area contributed by atoms with E-state index in [0.717, 1.165) is 44.9 Å². The van der Waals surface area contributed by atoms with E-state index in [1.165, 1.54) is 33.3 Å². The normalized spacial score (nSPS) is 20.8. The van der Waals surface area contributed by atoms with E-state index >= 15 is 0 Å². The number of nitrogens with zero attached hydrogens (tertiary/aromatic N) is 3. The van der Waals surface area contributed by atoms with Crippen molar-refractivity contribution in [1.82, 2.24) is 15.1 Å². The molecule has 5 nitrogen and oxygen atoms in total. The highest BCUT2D eigenvalue weighted by Crippen LogP contribution is 2.38. The molecule has 0 radical (unpaired) electrons. The van der Waals surface area contributed by atoms with Gasteiger partial charge in [-0.05, 0) is 54.4 Å². The molecule has 2 aliphatic rings. The van der Waals surface area contributed by atoms with Crippen LogP contribution in [0.25, 0.3) is 10.9 Å². The Kier molecular flexibility index (Phi) is 4.14. The molecule has 5 heteroatoms. The summed E-state index contributed by atoms with van der Waals surface area (Å²) in [5, 5.41) is 8.41. The Bertz CT molecular complexity index is 974. The van der Waals surface area contributed by atoms with Gasteiger partial charge in [-0.15, -0.1) is 0 Å². The first-order valence-electron chi connectivity index (χ1n) is 9.77. The van der Waals surface area contributed by atoms with E-state index in [9.17, 15) is 0 Å². The minimum atomic E-state index is 0.399. The van der Waals surface area contributed by atoms with Gasteiger partial charge in [-0.3, -0.25) is 5.10 Å². The summed E-state index contributed by atoms with van der Waals surface area (Å²) in [6.07, 6.45) is 1.92. The van der Waals surface area contributed by atoms with Crippen molar-refractivity contribution in [3.63, 3.8) is 0 Å². The quantitative estimate of drug-likeness (QED) is 0.760. The van der Waals surface area contributed by atoms with Crippen LogP contribution in [0.15, 0.2) is 36.5 Å². The summed E-state index contributed by atoms with van der Waals surface area (Å²) in [6, 6.07) is 11.4. The molecule has 1 fully saturated rings. The molecule has 1 saturated heterocycles. The number of H-pyrrole nitrogens is 1. The molecular formula is C22H26N4O. The summed E-state index contributed by atoms with van der Waals surface area (Å²) in [7, 11) is 2.23. The Morgan fingerprint density at radius 3 is 2.85 bits per heavy atom. The van der Waals surface area contributed by atoms with E-state index in [-0.39, 0.29) is 0 Å². The van der Waals surface area contributed by atoms with Gasteiger partial charge in [-0.1, -0.05) is 12.1 Å². The number of aromatic amines is 1. The molecule has 0 aliphatic carbocycles. The van der Waals surface area contributed by atoms with Gasteiger partial charge in [0.1, 0.15) is 0 Å². The molecule has 27 heavy (non-hydrogen) atoms. The molecule has 0 bridgehead atoms. The topological polar surface area (TPSA) is 44.4 Å². The Morgan fingerprint density at radius 2 is 2.00 bits per heavy atom. The molecule has 140 valence electrons. The highest BCUT2D eigenvalue weighted by molar-refractivity contribution is 5.79. The van der Waals surface area contributed by atoms with Crippen LogP contribution < -0.4 is 4.90 Å². The van der Waals surface area contributed by atoms with Gasteiger partial charge in [0.2, 0.25) is 0 Å². The van der Waals surface area contributed by atoms with Crippen LogP contribution in [0.2, 0.25) is 0 Å². The molecule has 2 aromatic carbocycles. The summed E-state index contributed by atoms with van der Waals surface area (Å²) in [4.78, 5) is 4.92. The average molecular weight is 362 g/mol. The molecular weight excluding hydrogens is 336 g/mol. The lowest BCUT2D eigenvalue weighted by Crippen LogP contribution is -2.37. The second-order valence-electron chi connectivity index (χ2n) is 7.84. The van der Waals surface area contributed by atoms with E-state index in [1.54, 1.807) is 0 Å². The third-order valence-electron chi connectivity index (χ3n) is 6.12. The van der Waals surface area contributed by atoms with Gasteiger partial charge < -0.3 is 14.5 Å². The van der Waals surface area contributed by atoms with Crippen LogP contribution in [-0.2, 0) is 11.3 Å². The third kappa shape index (κ3) is 2.91. The lowest BCUT2D eigenvalue weighted by molar-refractivity contribution is 0.122. The molecule has 2 aliphatic heterocycles. The van der Waals surface area contributed by atoms with Crippen molar-refractivity contribution in [2.45, 2.75) is 19.4 Å². The number of aromatic nitrogens is 2. The maximum atomic E-state index is 5.54. The average Bonchev–Trinajstić information content (AvgIpc) is 3.17. The SMILES string of the molecule is Cc1c(N2CCOCC2)ccc2c1CN(C)CC2c1ccc2[nH]ncc2c1. The van der Waals surface area contributed by atoms with E-state index in [4.69, 9.17) is 4.74 Å². The first-order chi connectivity index (χ1) is 13.2. The smallest absolute Gasteiger partial charge is 0.0650 e. The predicted molar refractivity (Wildman–Crippen MR) is 108 cm³/mol. The summed E-state index contributed by atoms with van der Waals surface area (Å²) in [5.41, 5.74) is 8.24. The zero-order valence-electron chi connectivity index (χ0n) is 16.0. The number of anilines is 1.